The summed E-state index contributed by atoms with van der Waals surface area (Å²) in [5.41, 5.74) is 0.672. The van der Waals surface area contributed by atoms with Crippen LogP contribution in [0, 0.1) is 0 Å². The van der Waals surface area contributed by atoms with Gasteiger partial charge in [0.2, 0.25) is 5.91 Å². The smallest absolute Gasteiger partial charge is 0.355 e. The molecule has 26 heavy (non-hydrogen) atoms. The fourth-order valence-electron chi connectivity index (χ4n) is 2.34. The quantitative estimate of drug-likeness (QED) is 0.794. The number of hydrazone groups is 1. The van der Waals surface area contributed by atoms with E-state index in [4.69, 9.17) is 9.15 Å². The van der Waals surface area contributed by atoms with Crippen LogP contribution in [0.4, 0.5) is 5.69 Å². The molecule has 8 heteroatoms. The molecule has 0 atom stereocenters. The van der Waals surface area contributed by atoms with Crippen LogP contribution in [0.2, 0.25) is 0 Å². The molecular formula is C18H17N3O5. The average Bonchev–Trinajstić information content (AvgIpc) is 3.19. The van der Waals surface area contributed by atoms with Crippen molar-refractivity contribution < 1.29 is 23.5 Å². The van der Waals surface area contributed by atoms with Gasteiger partial charge in [-0.25, -0.2) is 9.80 Å². The third kappa shape index (κ3) is 4.35. The fraction of sp³-hybridized carbons (Fsp3) is 0.222. The lowest BCUT2D eigenvalue weighted by molar-refractivity contribution is -0.142. The summed E-state index contributed by atoms with van der Waals surface area (Å²) in [6.07, 6.45) is 1.82. The number of carbonyl (C=O) groups is 3. The summed E-state index contributed by atoms with van der Waals surface area (Å²) in [5.74, 6) is -0.781. The Hall–Kier alpha value is -3.42. The number of hydrogen-bond donors (Lipinski definition) is 1. The Balaban J connectivity index is 1.55. The van der Waals surface area contributed by atoms with Crippen LogP contribution in [0.15, 0.2) is 58.2 Å². The Kier molecular flexibility index (Phi) is 5.43. The third-order valence-electron chi connectivity index (χ3n) is 3.64. The molecule has 1 aromatic carbocycles. The summed E-state index contributed by atoms with van der Waals surface area (Å²) in [6, 6.07) is 12.2. The number of rotatable bonds is 6. The first-order valence-electron chi connectivity index (χ1n) is 8.05. The zero-order chi connectivity index (χ0) is 18.4. The van der Waals surface area contributed by atoms with Crippen LogP contribution in [0.3, 0.4) is 0 Å². The van der Waals surface area contributed by atoms with E-state index >= 15 is 0 Å². The molecule has 8 nitrogen and oxygen atoms in total. The average molecular weight is 355 g/mol. The molecule has 1 N–H and O–H groups in total. The molecule has 0 saturated carbocycles. The molecule has 1 aliphatic heterocycles. The normalized spacial score (nSPS) is 13.9. The highest BCUT2D eigenvalue weighted by atomic mass is 16.5. The lowest BCUT2D eigenvalue weighted by Crippen LogP contribution is -2.36. The highest BCUT2D eigenvalue weighted by molar-refractivity contribution is 6.38. The molecule has 0 radical (unpaired) electrons. The lowest BCUT2D eigenvalue weighted by atomic mass is 10.1. The van der Waals surface area contributed by atoms with Crippen LogP contribution in [0.1, 0.15) is 18.6 Å². The van der Waals surface area contributed by atoms with Gasteiger partial charge in [-0.1, -0.05) is 18.2 Å². The van der Waals surface area contributed by atoms with Gasteiger partial charge in [0.25, 0.3) is 5.91 Å². The van der Waals surface area contributed by atoms with Crippen molar-refractivity contribution in [1.82, 2.24) is 5.32 Å². The molecule has 3 rings (SSSR count). The van der Waals surface area contributed by atoms with Crippen molar-refractivity contribution in [3.05, 3.63) is 54.5 Å². The first kappa shape index (κ1) is 17.4. The molecule has 0 fully saturated rings. The van der Waals surface area contributed by atoms with E-state index in [1.54, 1.807) is 36.4 Å². The molecule has 0 unspecified atom stereocenters. The van der Waals surface area contributed by atoms with Gasteiger partial charge in [0.15, 0.2) is 6.61 Å². The Morgan fingerprint density at radius 3 is 2.69 bits per heavy atom. The van der Waals surface area contributed by atoms with E-state index in [1.165, 1.54) is 11.3 Å². The second-order valence-electron chi connectivity index (χ2n) is 5.52. The van der Waals surface area contributed by atoms with Gasteiger partial charge >= 0.3 is 5.97 Å². The van der Waals surface area contributed by atoms with Crippen LogP contribution in [0.5, 0.6) is 0 Å². The first-order valence-corrected chi connectivity index (χ1v) is 8.05. The molecule has 0 aliphatic carbocycles. The van der Waals surface area contributed by atoms with Crippen molar-refractivity contribution in [2.24, 2.45) is 5.10 Å². The largest absolute Gasteiger partial charge is 0.467 e. The van der Waals surface area contributed by atoms with Crippen LogP contribution in [-0.2, 0) is 25.7 Å². The number of benzene rings is 1. The second kappa shape index (κ2) is 8.11. The molecule has 0 saturated heterocycles. The minimum absolute atomic E-state index is 0.104. The number of furan rings is 1. The van der Waals surface area contributed by atoms with Gasteiger partial charge < -0.3 is 14.5 Å². The van der Waals surface area contributed by atoms with Crippen molar-refractivity contribution in [2.75, 3.05) is 11.6 Å². The maximum Gasteiger partial charge on any atom is 0.355 e. The molecule has 0 spiro atoms. The Bertz CT molecular complexity index is 815. The number of hydrogen-bond acceptors (Lipinski definition) is 6. The molecule has 2 amide bonds. The van der Waals surface area contributed by atoms with E-state index in [-0.39, 0.29) is 31.0 Å². The monoisotopic (exact) mass is 355 g/mol. The van der Waals surface area contributed by atoms with E-state index in [2.05, 4.69) is 10.4 Å². The summed E-state index contributed by atoms with van der Waals surface area (Å²) < 4.78 is 10.1. The van der Waals surface area contributed by atoms with Gasteiger partial charge in [0.05, 0.1) is 18.5 Å². The lowest BCUT2D eigenvalue weighted by Gasteiger charge is -2.22. The van der Waals surface area contributed by atoms with Gasteiger partial charge in [-0.15, -0.1) is 0 Å². The molecule has 1 aliphatic rings. The van der Waals surface area contributed by atoms with Crippen molar-refractivity contribution in [1.29, 1.82) is 0 Å². The fourth-order valence-corrected chi connectivity index (χ4v) is 2.34. The van der Waals surface area contributed by atoms with Crippen molar-refractivity contribution in [3.8, 4) is 0 Å². The molecular weight excluding hydrogens is 338 g/mol. The molecule has 2 heterocycles. The van der Waals surface area contributed by atoms with Gasteiger partial charge in [-0.3, -0.25) is 9.59 Å². The van der Waals surface area contributed by atoms with Crippen LogP contribution >= 0.6 is 0 Å². The van der Waals surface area contributed by atoms with Gasteiger partial charge in [0, 0.05) is 12.8 Å². The third-order valence-corrected chi connectivity index (χ3v) is 3.64. The number of carbonyl (C=O) groups excluding carboxylic acids is 3. The van der Waals surface area contributed by atoms with E-state index in [0.717, 1.165) is 0 Å². The maximum atomic E-state index is 12.1. The Labute approximate surface area is 149 Å². The topological polar surface area (TPSA) is 101 Å². The number of nitrogens with one attached hydrogen (secondary N) is 1. The summed E-state index contributed by atoms with van der Waals surface area (Å²) in [7, 11) is 0. The van der Waals surface area contributed by atoms with E-state index < -0.39 is 18.5 Å². The van der Waals surface area contributed by atoms with E-state index in [9.17, 15) is 14.4 Å². The molecule has 134 valence electrons. The number of anilines is 1. The van der Waals surface area contributed by atoms with Crippen LogP contribution in [0.25, 0.3) is 0 Å². The standard InChI is InChI=1S/C18H17N3O5/c22-16(19-11-14-7-4-10-25-14)12-26-18(24)15-8-9-17(23)21(20-15)13-5-2-1-3-6-13/h1-7,10H,8-9,11-12H2,(H,19,22). The highest BCUT2D eigenvalue weighted by Crippen LogP contribution is 2.19. The summed E-state index contributed by atoms with van der Waals surface area (Å²) in [6.45, 7) is -0.224. The van der Waals surface area contributed by atoms with Crippen molar-refractivity contribution in [2.45, 2.75) is 19.4 Å². The number of esters is 1. The zero-order valence-corrected chi connectivity index (χ0v) is 13.9. The Morgan fingerprint density at radius 1 is 1.15 bits per heavy atom. The Morgan fingerprint density at radius 2 is 1.96 bits per heavy atom. The van der Waals surface area contributed by atoms with Gasteiger partial charge in [0.1, 0.15) is 11.5 Å². The second-order valence-corrected chi connectivity index (χ2v) is 5.52. The maximum absolute atomic E-state index is 12.1. The summed E-state index contributed by atoms with van der Waals surface area (Å²) >= 11 is 0. The van der Waals surface area contributed by atoms with Crippen molar-refractivity contribution >= 4 is 29.2 Å². The van der Waals surface area contributed by atoms with Gasteiger partial charge in [-0.2, -0.15) is 5.10 Å². The molecule has 1 aromatic heterocycles. The van der Waals surface area contributed by atoms with Crippen LogP contribution in [-0.4, -0.2) is 30.1 Å². The van der Waals surface area contributed by atoms with Crippen LogP contribution < -0.4 is 10.3 Å². The zero-order valence-electron chi connectivity index (χ0n) is 13.9. The van der Waals surface area contributed by atoms with E-state index in [1.807, 2.05) is 6.07 Å². The molecule has 0 bridgehead atoms. The minimum Gasteiger partial charge on any atom is -0.467 e. The highest BCUT2D eigenvalue weighted by Gasteiger charge is 2.26. The first-order chi connectivity index (χ1) is 12.6. The number of nitrogens with zero attached hydrogens (tertiary/aromatic N) is 2. The predicted octanol–water partition coefficient (Wildman–Crippen LogP) is 1.62. The summed E-state index contributed by atoms with van der Waals surface area (Å²) in [4.78, 5) is 35.9. The number of para-hydroxylation sites is 1. The SMILES string of the molecule is O=C(COC(=O)C1=NN(c2ccccc2)C(=O)CC1)NCc1ccco1. The van der Waals surface area contributed by atoms with Crippen molar-refractivity contribution in [3.63, 3.8) is 0 Å². The van der Waals surface area contributed by atoms with Gasteiger partial charge in [-0.05, 0) is 24.3 Å². The molecule has 2 aromatic rings. The number of amides is 2. The minimum atomic E-state index is -0.716. The predicted molar refractivity (Wildman–Crippen MR) is 92.1 cm³/mol. The van der Waals surface area contributed by atoms with E-state index in [0.29, 0.717) is 11.4 Å². The number of ether oxygens (including phenoxy) is 1. The summed E-state index contributed by atoms with van der Waals surface area (Å²) in [5, 5.41) is 7.83.